The van der Waals surface area contributed by atoms with E-state index in [1.807, 2.05) is 6.92 Å². The normalized spacial score (nSPS) is 14.9. The van der Waals surface area contributed by atoms with Crippen molar-refractivity contribution < 1.29 is 0 Å². The zero-order valence-corrected chi connectivity index (χ0v) is 11.5. The highest BCUT2D eigenvalue weighted by Crippen LogP contribution is 2.41. The molecular weight excluding hydrogens is 258 g/mol. The molecule has 0 aliphatic rings. The minimum Gasteiger partial charge on any atom is -0.327 e. The average Bonchev–Trinajstić information content (AvgIpc) is 2.85. The van der Waals surface area contributed by atoms with Gasteiger partial charge in [0.15, 0.2) is 4.34 Å². The molecule has 0 fully saturated rings. The largest absolute Gasteiger partial charge is 0.327 e. The Morgan fingerprint density at radius 2 is 2.25 bits per heavy atom. The average molecular weight is 271 g/mol. The number of thioether (sulfide) groups is 1. The van der Waals surface area contributed by atoms with Gasteiger partial charge in [0.2, 0.25) is 0 Å². The van der Waals surface area contributed by atoms with E-state index in [4.69, 9.17) is 5.73 Å². The van der Waals surface area contributed by atoms with Crippen molar-refractivity contribution in [3.63, 3.8) is 0 Å². The molecule has 2 atom stereocenters. The van der Waals surface area contributed by atoms with E-state index in [0.717, 1.165) is 4.34 Å². The maximum Gasteiger partial charge on any atom is 0.174 e. The standard InChI is InChI=1S/C10H13N3S3/c1-6-3-4-14-8(6)9(7(2)11)16-10-13-12-5-15-10/h3-5,7,9H,11H2,1-2H3. The van der Waals surface area contributed by atoms with Crippen LogP contribution >= 0.6 is 34.4 Å². The van der Waals surface area contributed by atoms with Gasteiger partial charge >= 0.3 is 0 Å². The lowest BCUT2D eigenvalue weighted by Crippen LogP contribution is -2.22. The summed E-state index contributed by atoms with van der Waals surface area (Å²) in [5.74, 6) is 0. The van der Waals surface area contributed by atoms with Crippen LogP contribution in [0, 0.1) is 6.92 Å². The molecule has 2 unspecified atom stereocenters. The molecule has 0 amide bonds. The van der Waals surface area contributed by atoms with Gasteiger partial charge in [0.25, 0.3) is 0 Å². The molecule has 0 bridgehead atoms. The zero-order valence-electron chi connectivity index (χ0n) is 9.08. The lowest BCUT2D eigenvalue weighted by molar-refractivity contribution is 0.726. The van der Waals surface area contributed by atoms with Crippen molar-refractivity contribution in [1.29, 1.82) is 0 Å². The first-order valence-corrected chi connectivity index (χ1v) is 7.54. The number of thiophene rings is 1. The van der Waals surface area contributed by atoms with Gasteiger partial charge in [0.05, 0.1) is 5.25 Å². The molecule has 0 aliphatic carbocycles. The van der Waals surface area contributed by atoms with Crippen LogP contribution in [0.2, 0.25) is 0 Å². The number of hydrogen-bond donors (Lipinski definition) is 1. The van der Waals surface area contributed by atoms with Crippen LogP contribution in [0.15, 0.2) is 21.3 Å². The third-order valence-electron chi connectivity index (χ3n) is 2.21. The summed E-state index contributed by atoms with van der Waals surface area (Å²) in [6.45, 7) is 4.17. The number of aryl methyl sites for hydroxylation is 1. The van der Waals surface area contributed by atoms with Crippen LogP contribution in [-0.4, -0.2) is 16.2 Å². The number of aromatic nitrogens is 2. The molecule has 2 rings (SSSR count). The highest BCUT2D eigenvalue weighted by atomic mass is 32.2. The lowest BCUT2D eigenvalue weighted by Gasteiger charge is -2.18. The second kappa shape index (κ2) is 5.27. The Kier molecular flexibility index (Phi) is 3.96. The fraction of sp³-hybridized carbons (Fsp3) is 0.400. The molecule has 0 aromatic carbocycles. The fourth-order valence-corrected chi connectivity index (χ4v) is 4.49. The van der Waals surface area contributed by atoms with Crippen molar-refractivity contribution in [2.75, 3.05) is 0 Å². The van der Waals surface area contributed by atoms with Crippen LogP contribution in [0.4, 0.5) is 0 Å². The minimum atomic E-state index is 0.103. The Morgan fingerprint density at radius 3 is 2.75 bits per heavy atom. The van der Waals surface area contributed by atoms with Crippen LogP contribution in [0.25, 0.3) is 0 Å². The minimum absolute atomic E-state index is 0.103. The van der Waals surface area contributed by atoms with E-state index in [0.29, 0.717) is 0 Å². The predicted octanol–water partition coefficient (Wildman–Crippen LogP) is 3.09. The number of hydrogen-bond acceptors (Lipinski definition) is 6. The maximum absolute atomic E-state index is 6.06. The molecule has 0 spiro atoms. The van der Waals surface area contributed by atoms with E-state index in [1.165, 1.54) is 10.4 Å². The first-order chi connectivity index (χ1) is 7.68. The molecule has 6 heteroatoms. The van der Waals surface area contributed by atoms with E-state index >= 15 is 0 Å². The highest BCUT2D eigenvalue weighted by Gasteiger charge is 2.22. The first-order valence-electron chi connectivity index (χ1n) is 4.91. The molecule has 0 saturated heterocycles. The van der Waals surface area contributed by atoms with Gasteiger partial charge in [0, 0.05) is 10.9 Å². The summed E-state index contributed by atoms with van der Waals surface area (Å²) in [4.78, 5) is 1.34. The Hall–Kier alpha value is -0.430. The summed E-state index contributed by atoms with van der Waals surface area (Å²) in [5, 5.41) is 10.3. The molecule has 2 aromatic rings. The molecule has 86 valence electrons. The van der Waals surface area contributed by atoms with Crippen LogP contribution in [-0.2, 0) is 0 Å². The van der Waals surface area contributed by atoms with Gasteiger partial charge in [-0.15, -0.1) is 21.5 Å². The van der Waals surface area contributed by atoms with Crippen LogP contribution in [0.5, 0.6) is 0 Å². The molecule has 0 radical (unpaired) electrons. The van der Waals surface area contributed by atoms with E-state index in [2.05, 4.69) is 28.6 Å². The Balaban J connectivity index is 2.21. The van der Waals surface area contributed by atoms with Crippen molar-refractivity contribution >= 4 is 34.4 Å². The Labute approximate surface area is 107 Å². The van der Waals surface area contributed by atoms with Crippen molar-refractivity contribution in [2.24, 2.45) is 5.73 Å². The monoisotopic (exact) mass is 271 g/mol. The van der Waals surface area contributed by atoms with Gasteiger partial charge in [-0.3, -0.25) is 0 Å². The zero-order chi connectivity index (χ0) is 11.5. The van der Waals surface area contributed by atoms with Crippen molar-refractivity contribution in [3.8, 4) is 0 Å². The Morgan fingerprint density at radius 1 is 1.44 bits per heavy atom. The molecule has 3 nitrogen and oxygen atoms in total. The Bertz CT molecular complexity index is 436. The van der Waals surface area contributed by atoms with Gasteiger partial charge in [0.1, 0.15) is 5.51 Å². The summed E-state index contributed by atoms with van der Waals surface area (Å²) in [6, 6.07) is 2.24. The molecule has 2 aromatic heterocycles. The predicted molar refractivity (Wildman–Crippen MR) is 71.2 cm³/mol. The summed E-state index contributed by atoms with van der Waals surface area (Å²) in [5.41, 5.74) is 9.12. The number of nitrogens with zero attached hydrogens (tertiary/aromatic N) is 2. The fourth-order valence-electron chi connectivity index (χ4n) is 1.40. The second-order valence-corrected chi connectivity index (χ2v) is 6.74. The molecule has 16 heavy (non-hydrogen) atoms. The van der Waals surface area contributed by atoms with Gasteiger partial charge in [-0.2, -0.15) is 0 Å². The van der Waals surface area contributed by atoms with Gasteiger partial charge in [-0.1, -0.05) is 23.1 Å². The summed E-state index contributed by atoms with van der Waals surface area (Å²) >= 11 is 5.03. The molecule has 2 N–H and O–H groups in total. The van der Waals surface area contributed by atoms with Crippen LogP contribution < -0.4 is 5.73 Å². The summed E-state index contributed by atoms with van der Waals surface area (Å²) in [7, 11) is 0. The van der Waals surface area contributed by atoms with E-state index < -0.39 is 0 Å². The van der Waals surface area contributed by atoms with E-state index in [1.54, 1.807) is 39.9 Å². The first kappa shape index (κ1) is 12.0. The second-order valence-electron chi connectivity index (χ2n) is 3.57. The number of rotatable bonds is 4. The summed E-state index contributed by atoms with van der Waals surface area (Å²) < 4.78 is 0.982. The SMILES string of the molecule is Cc1ccsc1C(Sc1nncs1)C(C)N. The quantitative estimate of drug-likeness (QED) is 0.868. The summed E-state index contributed by atoms with van der Waals surface area (Å²) in [6.07, 6.45) is 0. The lowest BCUT2D eigenvalue weighted by atomic mass is 10.1. The highest BCUT2D eigenvalue weighted by molar-refractivity contribution is 8.01. The van der Waals surface area contributed by atoms with Gasteiger partial charge < -0.3 is 5.73 Å². The number of nitrogens with two attached hydrogens (primary N) is 1. The van der Waals surface area contributed by atoms with Crippen molar-refractivity contribution in [2.45, 2.75) is 29.5 Å². The van der Waals surface area contributed by atoms with Crippen LogP contribution in [0.3, 0.4) is 0 Å². The van der Waals surface area contributed by atoms with Gasteiger partial charge in [-0.25, -0.2) is 0 Å². The third kappa shape index (κ3) is 2.63. The van der Waals surface area contributed by atoms with E-state index in [-0.39, 0.29) is 11.3 Å². The topological polar surface area (TPSA) is 51.8 Å². The van der Waals surface area contributed by atoms with Crippen molar-refractivity contribution in [1.82, 2.24) is 10.2 Å². The molecule has 0 aliphatic heterocycles. The van der Waals surface area contributed by atoms with Crippen LogP contribution in [0.1, 0.15) is 22.6 Å². The third-order valence-corrected chi connectivity index (χ3v) is 5.72. The molecule has 2 heterocycles. The van der Waals surface area contributed by atoms with Crippen molar-refractivity contribution in [3.05, 3.63) is 27.4 Å². The molecular formula is C10H13N3S3. The van der Waals surface area contributed by atoms with E-state index in [9.17, 15) is 0 Å². The van der Waals surface area contributed by atoms with Gasteiger partial charge in [-0.05, 0) is 30.9 Å². The maximum atomic E-state index is 6.06. The molecule has 0 saturated carbocycles. The smallest absolute Gasteiger partial charge is 0.174 e.